The third-order valence-electron chi connectivity index (χ3n) is 2.86. The fourth-order valence-electron chi connectivity index (χ4n) is 1.89. The fraction of sp³-hybridized carbons (Fsp3) is 1.00. The quantitative estimate of drug-likeness (QED) is 0.290. The second-order valence-electron chi connectivity index (χ2n) is 4.75. The van der Waals surface area contributed by atoms with Gasteiger partial charge in [0.15, 0.2) is 0 Å². The maximum absolute atomic E-state index is 10.5. The van der Waals surface area contributed by atoms with Gasteiger partial charge in [-0.25, -0.2) is 4.57 Å². The lowest BCUT2D eigenvalue weighted by atomic mass is 10.1. The molecule has 1 atom stereocenters. The van der Waals surface area contributed by atoms with Gasteiger partial charge in [0.25, 0.3) is 0 Å². The summed E-state index contributed by atoms with van der Waals surface area (Å²) in [6.45, 7) is 2.21. The number of phosphoric acid groups is 1. The highest BCUT2D eigenvalue weighted by molar-refractivity contribution is 7.46. The van der Waals surface area contributed by atoms with E-state index in [0.29, 0.717) is 6.42 Å². The molecule has 0 spiro atoms. The van der Waals surface area contributed by atoms with Crippen LogP contribution in [0.25, 0.3) is 0 Å². The van der Waals surface area contributed by atoms with Crippen molar-refractivity contribution in [3.05, 3.63) is 0 Å². The molecule has 4 N–H and O–H groups in total. The Kier molecular flexibility index (Phi) is 11.0. The van der Waals surface area contributed by atoms with Crippen LogP contribution in [0.3, 0.4) is 0 Å². The van der Waals surface area contributed by atoms with Crippen LogP contribution in [-0.2, 0) is 9.09 Å². The molecule has 0 aliphatic heterocycles. The van der Waals surface area contributed by atoms with E-state index in [9.17, 15) is 4.57 Å². The summed E-state index contributed by atoms with van der Waals surface area (Å²) in [4.78, 5) is 17.1. The van der Waals surface area contributed by atoms with Gasteiger partial charge < -0.3 is 15.5 Å². The number of phosphoric ester groups is 1. The molecule has 0 radical (unpaired) electrons. The van der Waals surface area contributed by atoms with Gasteiger partial charge in [0, 0.05) is 0 Å². The molecule has 1 unspecified atom stereocenters. The Morgan fingerprint density at radius 3 is 1.89 bits per heavy atom. The topological polar surface area (TPSA) is 92.8 Å². The molecule has 5 nitrogen and oxygen atoms in total. The van der Waals surface area contributed by atoms with E-state index in [1.54, 1.807) is 0 Å². The predicted molar refractivity (Wildman–Crippen MR) is 72.9 cm³/mol. The molecule has 0 aliphatic rings. The van der Waals surface area contributed by atoms with Crippen LogP contribution in [0.15, 0.2) is 0 Å². The lowest BCUT2D eigenvalue weighted by molar-refractivity contribution is 0.129. The van der Waals surface area contributed by atoms with E-state index >= 15 is 0 Å². The number of nitrogens with two attached hydrogens (primary N) is 1. The number of unbranched alkanes of at least 4 members (excludes halogenated alkanes) is 8. The van der Waals surface area contributed by atoms with E-state index in [1.807, 2.05) is 0 Å². The van der Waals surface area contributed by atoms with E-state index in [-0.39, 0.29) is 0 Å². The van der Waals surface area contributed by atoms with E-state index in [2.05, 4.69) is 11.4 Å². The van der Waals surface area contributed by atoms with Crippen molar-refractivity contribution < 1.29 is 18.9 Å². The Morgan fingerprint density at radius 1 is 1.00 bits per heavy atom. The summed E-state index contributed by atoms with van der Waals surface area (Å²) >= 11 is 0. The number of hydrogen-bond acceptors (Lipinski definition) is 3. The molecule has 0 fully saturated rings. The van der Waals surface area contributed by atoms with Crippen LogP contribution in [0.5, 0.6) is 0 Å². The maximum atomic E-state index is 10.5. The van der Waals surface area contributed by atoms with Crippen molar-refractivity contribution >= 4 is 7.82 Å². The van der Waals surface area contributed by atoms with Crippen molar-refractivity contribution in [1.82, 2.24) is 0 Å². The first-order valence-electron chi connectivity index (χ1n) is 6.95. The third-order valence-corrected chi connectivity index (χ3v) is 3.41. The average Bonchev–Trinajstić information content (AvgIpc) is 2.24. The zero-order valence-electron chi connectivity index (χ0n) is 11.4. The second-order valence-corrected chi connectivity index (χ2v) is 5.94. The summed E-state index contributed by atoms with van der Waals surface area (Å²) in [5, 5.41) is 0. The predicted octanol–water partition coefficient (Wildman–Crippen LogP) is 3.30. The Balaban J connectivity index is 3.22. The second kappa shape index (κ2) is 10.9. The molecular weight excluding hydrogens is 253 g/mol. The highest BCUT2D eigenvalue weighted by Gasteiger charge is 2.18. The van der Waals surface area contributed by atoms with Gasteiger partial charge in [-0.3, -0.25) is 4.52 Å². The molecule has 0 saturated carbocycles. The van der Waals surface area contributed by atoms with Gasteiger partial charge in [-0.1, -0.05) is 58.3 Å². The van der Waals surface area contributed by atoms with E-state index in [0.717, 1.165) is 19.3 Å². The minimum absolute atomic E-state index is 0.501. The Morgan fingerprint density at radius 2 is 1.44 bits per heavy atom. The summed E-state index contributed by atoms with van der Waals surface area (Å²) in [5.41, 5.74) is 5.44. The minimum Gasteiger partial charge on any atom is -0.306 e. The first-order valence-corrected chi connectivity index (χ1v) is 8.48. The molecule has 0 aliphatic carbocycles. The SMILES string of the molecule is CCCCCCCCCCCC(N)OP(=O)(O)O. The van der Waals surface area contributed by atoms with Crippen molar-refractivity contribution in [3.63, 3.8) is 0 Å². The van der Waals surface area contributed by atoms with Crippen LogP contribution in [0.2, 0.25) is 0 Å². The van der Waals surface area contributed by atoms with Crippen LogP contribution >= 0.6 is 7.82 Å². The Labute approximate surface area is 110 Å². The lowest BCUT2D eigenvalue weighted by Crippen LogP contribution is -2.22. The molecule has 18 heavy (non-hydrogen) atoms. The first-order chi connectivity index (χ1) is 8.45. The minimum atomic E-state index is -4.42. The lowest BCUT2D eigenvalue weighted by Gasteiger charge is -2.12. The zero-order valence-corrected chi connectivity index (χ0v) is 12.3. The van der Waals surface area contributed by atoms with Crippen LogP contribution in [0, 0.1) is 0 Å². The third kappa shape index (κ3) is 14.1. The summed E-state index contributed by atoms with van der Waals surface area (Å²) in [6, 6.07) is 0. The maximum Gasteiger partial charge on any atom is 0.471 e. The van der Waals surface area contributed by atoms with Crippen molar-refractivity contribution in [1.29, 1.82) is 0 Å². The standard InChI is InChI=1S/C12H28NO4P/c1-2-3-4-5-6-7-8-9-10-11-12(13)17-18(14,15)16/h12H,2-11,13H2,1H3,(H2,14,15,16). The summed E-state index contributed by atoms with van der Waals surface area (Å²) in [7, 11) is -4.42. The van der Waals surface area contributed by atoms with Gasteiger partial charge in [0.05, 0.1) is 0 Å². The smallest absolute Gasteiger partial charge is 0.306 e. The van der Waals surface area contributed by atoms with Crippen LogP contribution < -0.4 is 5.73 Å². The van der Waals surface area contributed by atoms with Gasteiger partial charge in [-0.15, -0.1) is 0 Å². The van der Waals surface area contributed by atoms with Gasteiger partial charge in [-0.2, -0.15) is 0 Å². The normalized spacial score (nSPS) is 13.8. The van der Waals surface area contributed by atoms with Crippen molar-refractivity contribution in [2.24, 2.45) is 5.73 Å². The molecule has 0 saturated heterocycles. The van der Waals surface area contributed by atoms with E-state index in [4.69, 9.17) is 15.5 Å². The summed E-state index contributed by atoms with van der Waals surface area (Å²) in [5.74, 6) is 0. The summed E-state index contributed by atoms with van der Waals surface area (Å²) < 4.78 is 14.8. The molecule has 0 aromatic carbocycles. The van der Waals surface area contributed by atoms with Crippen molar-refractivity contribution in [2.45, 2.75) is 77.4 Å². The summed E-state index contributed by atoms with van der Waals surface area (Å²) in [6.07, 6.45) is 10.5. The molecule has 0 heterocycles. The fourth-order valence-corrected chi connectivity index (χ4v) is 2.34. The number of hydrogen-bond donors (Lipinski definition) is 3. The molecule has 0 aromatic heterocycles. The van der Waals surface area contributed by atoms with Gasteiger partial charge in [-0.05, 0) is 12.8 Å². The highest BCUT2D eigenvalue weighted by atomic mass is 31.2. The van der Waals surface area contributed by atoms with Crippen LogP contribution in [0.4, 0.5) is 0 Å². The largest absolute Gasteiger partial charge is 0.471 e. The Bertz CT molecular complexity index is 232. The van der Waals surface area contributed by atoms with Gasteiger partial charge >= 0.3 is 7.82 Å². The first kappa shape index (κ1) is 18.1. The van der Waals surface area contributed by atoms with E-state index in [1.165, 1.54) is 38.5 Å². The molecular formula is C12H28NO4P. The van der Waals surface area contributed by atoms with Crippen molar-refractivity contribution in [2.75, 3.05) is 0 Å². The monoisotopic (exact) mass is 281 g/mol. The molecule has 0 rings (SSSR count). The molecule has 0 bridgehead atoms. The van der Waals surface area contributed by atoms with Crippen LogP contribution in [0.1, 0.15) is 71.1 Å². The number of rotatable bonds is 12. The van der Waals surface area contributed by atoms with Crippen molar-refractivity contribution in [3.8, 4) is 0 Å². The molecule has 110 valence electrons. The molecule has 0 aromatic rings. The van der Waals surface area contributed by atoms with Gasteiger partial charge in [0.2, 0.25) is 0 Å². The average molecular weight is 281 g/mol. The van der Waals surface area contributed by atoms with Gasteiger partial charge in [0.1, 0.15) is 6.23 Å². The Hall–Kier alpha value is 0.0700. The van der Waals surface area contributed by atoms with E-state index < -0.39 is 14.1 Å². The highest BCUT2D eigenvalue weighted by Crippen LogP contribution is 2.37. The van der Waals surface area contributed by atoms with Crippen LogP contribution in [-0.4, -0.2) is 16.0 Å². The molecule has 6 heteroatoms. The molecule has 0 amide bonds. The zero-order chi connectivity index (χ0) is 13.9.